The molecule has 2 fully saturated rings. The summed E-state index contributed by atoms with van der Waals surface area (Å²) in [5.41, 5.74) is 0. The van der Waals surface area contributed by atoms with Crippen molar-refractivity contribution in [1.29, 1.82) is 0 Å². The van der Waals surface area contributed by atoms with E-state index in [0.717, 1.165) is 45.3 Å². The van der Waals surface area contributed by atoms with E-state index in [0.29, 0.717) is 19.1 Å². The highest BCUT2D eigenvalue weighted by molar-refractivity contribution is 5.76. The predicted molar refractivity (Wildman–Crippen MR) is 68.3 cm³/mol. The van der Waals surface area contributed by atoms with E-state index in [-0.39, 0.29) is 18.6 Å². The van der Waals surface area contributed by atoms with Crippen LogP contribution in [-0.4, -0.2) is 60.9 Å². The Hall–Kier alpha value is -0.650. The maximum Gasteiger partial charge on any atom is 0.221 e. The van der Waals surface area contributed by atoms with Crippen LogP contribution in [0.5, 0.6) is 0 Å². The summed E-state index contributed by atoms with van der Waals surface area (Å²) in [6.45, 7) is 3.38. The van der Waals surface area contributed by atoms with Crippen molar-refractivity contribution in [3.8, 4) is 0 Å². The van der Waals surface area contributed by atoms with E-state index >= 15 is 0 Å². The highest BCUT2D eigenvalue weighted by atomic mass is 16.5. The molecule has 1 saturated heterocycles. The molecular formula is C13H24N2O3. The first kappa shape index (κ1) is 13.8. The van der Waals surface area contributed by atoms with Crippen molar-refractivity contribution >= 4 is 5.91 Å². The van der Waals surface area contributed by atoms with Crippen LogP contribution >= 0.6 is 0 Å². The molecule has 18 heavy (non-hydrogen) atoms. The van der Waals surface area contributed by atoms with E-state index in [4.69, 9.17) is 9.84 Å². The number of carbonyl (C=O) groups excluding carboxylic acids is 1. The molecule has 2 rings (SSSR count). The van der Waals surface area contributed by atoms with Gasteiger partial charge in [0.1, 0.15) is 0 Å². The molecule has 0 spiro atoms. The van der Waals surface area contributed by atoms with Crippen LogP contribution in [0.3, 0.4) is 0 Å². The van der Waals surface area contributed by atoms with Crippen LogP contribution in [0.25, 0.3) is 0 Å². The number of hydrogen-bond acceptors (Lipinski definition) is 4. The summed E-state index contributed by atoms with van der Waals surface area (Å²) in [7, 11) is 0. The number of rotatable bonds is 7. The van der Waals surface area contributed by atoms with Crippen molar-refractivity contribution in [1.82, 2.24) is 10.2 Å². The number of carbonyl (C=O) groups is 1. The van der Waals surface area contributed by atoms with Crippen molar-refractivity contribution in [2.75, 3.05) is 32.8 Å². The van der Waals surface area contributed by atoms with Crippen molar-refractivity contribution in [2.45, 2.75) is 44.2 Å². The van der Waals surface area contributed by atoms with Gasteiger partial charge < -0.3 is 20.1 Å². The zero-order chi connectivity index (χ0) is 12.8. The van der Waals surface area contributed by atoms with Crippen LogP contribution in [0.15, 0.2) is 0 Å². The van der Waals surface area contributed by atoms with Crippen LogP contribution in [0.2, 0.25) is 0 Å². The van der Waals surface area contributed by atoms with E-state index < -0.39 is 0 Å². The third-order valence-electron chi connectivity index (χ3n) is 3.58. The zero-order valence-corrected chi connectivity index (χ0v) is 10.9. The Kier molecular flexibility index (Phi) is 5.41. The topological polar surface area (TPSA) is 61.8 Å². The quantitative estimate of drug-likeness (QED) is 0.679. The molecule has 2 aliphatic rings. The molecule has 2 N–H and O–H groups in total. The highest BCUT2D eigenvalue weighted by Crippen LogP contribution is 2.19. The minimum absolute atomic E-state index is 0.0988. The SMILES string of the molecule is O=C(CCN1CCC(OCCO)CC1)NC1CC1. The van der Waals surface area contributed by atoms with Crippen molar-refractivity contribution in [3.05, 3.63) is 0 Å². The Morgan fingerprint density at radius 1 is 1.28 bits per heavy atom. The Morgan fingerprint density at radius 2 is 2.00 bits per heavy atom. The summed E-state index contributed by atoms with van der Waals surface area (Å²) in [5, 5.41) is 11.7. The molecule has 5 nitrogen and oxygen atoms in total. The molecule has 0 aromatic heterocycles. The Bertz CT molecular complexity index is 261. The first-order valence-electron chi connectivity index (χ1n) is 7.02. The van der Waals surface area contributed by atoms with E-state index in [1.807, 2.05) is 0 Å². The smallest absolute Gasteiger partial charge is 0.221 e. The Morgan fingerprint density at radius 3 is 2.61 bits per heavy atom. The fourth-order valence-electron chi connectivity index (χ4n) is 2.31. The lowest BCUT2D eigenvalue weighted by molar-refractivity contribution is -0.121. The first-order chi connectivity index (χ1) is 8.78. The van der Waals surface area contributed by atoms with Gasteiger partial charge in [0.05, 0.1) is 19.3 Å². The van der Waals surface area contributed by atoms with Crippen LogP contribution in [0.1, 0.15) is 32.1 Å². The molecular weight excluding hydrogens is 232 g/mol. The molecule has 0 aromatic rings. The molecule has 1 heterocycles. The third kappa shape index (κ3) is 4.92. The molecule has 104 valence electrons. The van der Waals surface area contributed by atoms with Gasteiger partial charge in [0.15, 0.2) is 0 Å². The van der Waals surface area contributed by atoms with E-state index in [1.54, 1.807) is 0 Å². The molecule has 0 bridgehead atoms. The molecule has 5 heteroatoms. The third-order valence-corrected chi connectivity index (χ3v) is 3.58. The number of amides is 1. The minimum atomic E-state index is 0.0988. The maximum absolute atomic E-state index is 11.6. The molecule has 1 amide bonds. The van der Waals surface area contributed by atoms with Gasteiger partial charge >= 0.3 is 0 Å². The predicted octanol–water partition coefficient (Wildman–Crippen LogP) is 0.128. The summed E-state index contributed by atoms with van der Waals surface area (Å²) < 4.78 is 5.51. The van der Waals surface area contributed by atoms with Gasteiger partial charge in [0.2, 0.25) is 5.91 Å². The lowest BCUT2D eigenvalue weighted by Crippen LogP contribution is -2.39. The second kappa shape index (κ2) is 7.07. The Labute approximate surface area is 108 Å². The van der Waals surface area contributed by atoms with Crippen LogP contribution in [0.4, 0.5) is 0 Å². The van der Waals surface area contributed by atoms with Crippen LogP contribution in [0, 0.1) is 0 Å². The van der Waals surface area contributed by atoms with Crippen molar-refractivity contribution in [2.24, 2.45) is 0 Å². The molecule has 0 aromatic carbocycles. The number of nitrogens with zero attached hydrogens (tertiary/aromatic N) is 1. The average molecular weight is 256 g/mol. The lowest BCUT2D eigenvalue weighted by Gasteiger charge is -2.31. The number of piperidine rings is 1. The largest absolute Gasteiger partial charge is 0.394 e. The monoisotopic (exact) mass is 256 g/mol. The summed E-state index contributed by atoms with van der Waals surface area (Å²) in [4.78, 5) is 13.9. The van der Waals surface area contributed by atoms with Gasteiger partial charge in [-0.2, -0.15) is 0 Å². The summed E-state index contributed by atoms with van der Waals surface area (Å²) in [6.07, 6.45) is 5.21. The number of hydrogen-bond donors (Lipinski definition) is 2. The fraction of sp³-hybridized carbons (Fsp3) is 0.923. The molecule has 0 atom stereocenters. The zero-order valence-electron chi connectivity index (χ0n) is 10.9. The molecule has 0 radical (unpaired) electrons. The van der Waals surface area contributed by atoms with Gasteiger partial charge in [-0.25, -0.2) is 0 Å². The second-order valence-corrected chi connectivity index (χ2v) is 5.23. The summed E-state index contributed by atoms with van der Waals surface area (Å²) in [6, 6.07) is 0.468. The number of likely N-dealkylation sites (tertiary alicyclic amines) is 1. The standard InChI is InChI=1S/C13H24N2O3/c16-9-10-18-12-3-6-15(7-4-12)8-5-13(17)14-11-1-2-11/h11-12,16H,1-10H2,(H,14,17). The Balaban J connectivity index is 1.53. The first-order valence-corrected chi connectivity index (χ1v) is 7.02. The van der Waals surface area contributed by atoms with E-state index in [1.165, 1.54) is 0 Å². The van der Waals surface area contributed by atoms with Crippen LogP contribution in [-0.2, 0) is 9.53 Å². The number of aliphatic hydroxyl groups is 1. The van der Waals surface area contributed by atoms with Gasteiger partial charge in [-0.3, -0.25) is 4.79 Å². The average Bonchev–Trinajstić information content (AvgIpc) is 3.19. The lowest BCUT2D eigenvalue weighted by atomic mass is 10.1. The highest BCUT2D eigenvalue weighted by Gasteiger charge is 2.24. The molecule has 1 aliphatic heterocycles. The molecule has 1 aliphatic carbocycles. The van der Waals surface area contributed by atoms with Gasteiger partial charge in [-0.15, -0.1) is 0 Å². The van der Waals surface area contributed by atoms with Gasteiger partial charge in [-0.05, 0) is 25.7 Å². The van der Waals surface area contributed by atoms with Gasteiger partial charge in [0, 0.05) is 32.1 Å². The van der Waals surface area contributed by atoms with Crippen LogP contribution < -0.4 is 5.32 Å². The minimum Gasteiger partial charge on any atom is -0.394 e. The summed E-state index contributed by atoms with van der Waals surface area (Å²) >= 11 is 0. The van der Waals surface area contributed by atoms with Crippen molar-refractivity contribution < 1.29 is 14.6 Å². The summed E-state index contributed by atoms with van der Waals surface area (Å²) in [5.74, 6) is 0.191. The van der Waals surface area contributed by atoms with Crippen molar-refractivity contribution in [3.63, 3.8) is 0 Å². The second-order valence-electron chi connectivity index (χ2n) is 5.23. The molecule has 0 unspecified atom stereocenters. The normalized spacial score (nSPS) is 22.1. The number of nitrogens with one attached hydrogen (secondary N) is 1. The number of ether oxygens (including phenoxy) is 1. The fourth-order valence-corrected chi connectivity index (χ4v) is 2.31. The van der Waals surface area contributed by atoms with E-state index in [9.17, 15) is 4.79 Å². The maximum atomic E-state index is 11.6. The molecule has 1 saturated carbocycles. The van der Waals surface area contributed by atoms with E-state index in [2.05, 4.69) is 10.2 Å². The van der Waals surface area contributed by atoms with Gasteiger partial charge in [-0.1, -0.05) is 0 Å². The van der Waals surface area contributed by atoms with Gasteiger partial charge in [0.25, 0.3) is 0 Å². The number of aliphatic hydroxyl groups excluding tert-OH is 1.